The number of hydrogen-bond acceptors (Lipinski definition) is 5. The van der Waals surface area contributed by atoms with Crippen LogP contribution in [-0.2, 0) is 4.74 Å². The summed E-state index contributed by atoms with van der Waals surface area (Å²) in [6.45, 7) is 9.16. The van der Waals surface area contributed by atoms with Gasteiger partial charge in [-0.15, -0.1) is 0 Å². The van der Waals surface area contributed by atoms with Gasteiger partial charge >= 0.3 is 5.97 Å². The van der Waals surface area contributed by atoms with Crippen LogP contribution in [0.15, 0.2) is 18.2 Å². The molecule has 1 aromatic heterocycles. The monoisotopic (exact) mass is 426 g/mol. The number of esters is 1. The zero-order valence-electron chi connectivity index (χ0n) is 18.6. The Kier molecular flexibility index (Phi) is 5.94. The zero-order valence-corrected chi connectivity index (χ0v) is 18.6. The Hall–Kier alpha value is -2.96. The fourth-order valence-corrected chi connectivity index (χ4v) is 4.43. The van der Waals surface area contributed by atoms with Crippen molar-refractivity contribution in [3.05, 3.63) is 46.3 Å². The van der Waals surface area contributed by atoms with Gasteiger partial charge in [0.15, 0.2) is 11.5 Å². The summed E-state index contributed by atoms with van der Waals surface area (Å²) >= 11 is 0. The van der Waals surface area contributed by atoms with E-state index in [1.54, 1.807) is 13.8 Å². The minimum atomic E-state index is -0.402. The third kappa shape index (κ3) is 4.13. The van der Waals surface area contributed by atoms with Crippen LogP contribution in [0.2, 0.25) is 0 Å². The molecule has 2 aliphatic heterocycles. The Morgan fingerprint density at radius 2 is 1.87 bits per heavy atom. The maximum absolute atomic E-state index is 13.5. The van der Waals surface area contributed by atoms with Crippen molar-refractivity contribution >= 4 is 11.9 Å². The van der Waals surface area contributed by atoms with E-state index < -0.39 is 5.97 Å². The van der Waals surface area contributed by atoms with E-state index in [2.05, 4.69) is 4.98 Å². The SMILES string of the molecule is Cc1[nH]c(C(=O)N2CCC[C@H]2c2ccc3c(c2)OCCCO3)c(C)c1C(=O)OC(C)C. The van der Waals surface area contributed by atoms with Crippen molar-refractivity contribution in [2.24, 2.45) is 0 Å². The third-order valence-corrected chi connectivity index (χ3v) is 5.87. The number of aromatic amines is 1. The molecule has 4 rings (SSSR count). The van der Waals surface area contributed by atoms with Crippen LogP contribution in [0, 0.1) is 13.8 Å². The summed E-state index contributed by atoms with van der Waals surface area (Å²) in [5, 5.41) is 0. The molecular formula is C24H30N2O5. The predicted molar refractivity (Wildman–Crippen MR) is 116 cm³/mol. The zero-order chi connectivity index (χ0) is 22.1. The first-order valence-corrected chi connectivity index (χ1v) is 11.0. The number of carbonyl (C=O) groups excluding carboxylic acids is 2. The molecule has 1 amide bonds. The van der Waals surface area contributed by atoms with Gasteiger partial charge in [0.2, 0.25) is 0 Å². The van der Waals surface area contributed by atoms with Crippen LogP contribution in [-0.4, -0.2) is 47.6 Å². The number of aromatic nitrogens is 1. The molecule has 31 heavy (non-hydrogen) atoms. The van der Waals surface area contributed by atoms with Gasteiger partial charge in [-0.2, -0.15) is 0 Å². The number of fused-ring (bicyclic) bond motifs is 1. The lowest BCUT2D eigenvalue weighted by atomic mass is 10.0. The average Bonchev–Trinajstić information content (AvgIpc) is 3.23. The van der Waals surface area contributed by atoms with Gasteiger partial charge in [0.25, 0.3) is 5.91 Å². The van der Waals surface area contributed by atoms with E-state index in [9.17, 15) is 9.59 Å². The molecule has 0 unspecified atom stereocenters. The number of nitrogens with one attached hydrogen (secondary N) is 1. The number of ether oxygens (including phenoxy) is 3. The number of nitrogens with zero attached hydrogens (tertiary/aromatic N) is 1. The predicted octanol–water partition coefficient (Wildman–Crippen LogP) is 4.34. The largest absolute Gasteiger partial charge is 0.490 e. The van der Waals surface area contributed by atoms with Crippen molar-refractivity contribution in [1.82, 2.24) is 9.88 Å². The van der Waals surface area contributed by atoms with Crippen molar-refractivity contribution in [3.63, 3.8) is 0 Å². The molecule has 0 aliphatic carbocycles. The van der Waals surface area contributed by atoms with Crippen LogP contribution in [0.1, 0.15) is 76.8 Å². The van der Waals surface area contributed by atoms with Crippen molar-refractivity contribution in [1.29, 1.82) is 0 Å². The molecule has 7 heteroatoms. The second-order valence-electron chi connectivity index (χ2n) is 8.49. The molecule has 0 radical (unpaired) electrons. The summed E-state index contributed by atoms with van der Waals surface area (Å²) in [5.74, 6) is 0.987. The Bertz CT molecular complexity index is 994. The van der Waals surface area contributed by atoms with Gasteiger partial charge in [0.05, 0.1) is 30.9 Å². The third-order valence-electron chi connectivity index (χ3n) is 5.87. The molecule has 3 heterocycles. The van der Waals surface area contributed by atoms with Gasteiger partial charge in [-0.3, -0.25) is 4.79 Å². The molecule has 2 aliphatic rings. The van der Waals surface area contributed by atoms with E-state index in [1.807, 2.05) is 36.9 Å². The smallest absolute Gasteiger partial charge is 0.340 e. The van der Waals surface area contributed by atoms with Gasteiger partial charge in [0, 0.05) is 18.7 Å². The normalized spacial score (nSPS) is 18.2. The molecule has 1 aromatic carbocycles. The van der Waals surface area contributed by atoms with Crippen LogP contribution < -0.4 is 9.47 Å². The van der Waals surface area contributed by atoms with Gasteiger partial charge in [-0.1, -0.05) is 6.07 Å². The van der Waals surface area contributed by atoms with E-state index in [1.165, 1.54) is 0 Å². The topological polar surface area (TPSA) is 80.9 Å². The van der Waals surface area contributed by atoms with Crippen molar-refractivity contribution in [2.75, 3.05) is 19.8 Å². The van der Waals surface area contributed by atoms with Crippen molar-refractivity contribution < 1.29 is 23.8 Å². The second-order valence-corrected chi connectivity index (χ2v) is 8.49. The second kappa shape index (κ2) is 8.65. The number of H-pyrrole nitrogens is 1. The van der Waals surface area contributed by atoms with E-state index in [0.717, 1.165) is 36.3 Å². The van der Waals surface area contributed by atoms with Gasteiger partial charge in [-0.25, -0.2) is 4.79 Å². The Morgan fingerprint density at radius 3 is 2.61 bits per heavy atom. The van der Waals surface area contributed by atoms with E-state index in [4.69, 9.17) is 14.2 Å². The fraction of sp³-hybridized carbons (Fsp3) is 0.500. The van der Waals surface area contributed by atoms with Crippen LogP contribution >= 0.6 is 0 Å². The molecule has 1 N–H and O–H groups in total. The molecule has 166 valence electrons. The highest BCUT2D eigenvalue weighted by atomic mass is 16.5. The first kappa shape index (κ1) is 21.3. The number of likely N-dealkylation sites (tertiary alicyclic amines) is 1. The number of aryl methyl sites for hydroxylation is 1. The van der Waals surface area contributed by atoms with Crippen LogP contribution in [0.3, 0.4) is 0 Å². The Morgan fingerprint density at radius 1 is 1.13 bits per heavy atom. The summed E-state index contributed by atoms with van der Waals surface area (Å²) in [5.41, 5.74) is 3.23. The Labute approximate surface area is 182 Å². The molecule has 1 saturated heterocycles. The highest BCUT2D eigenvalue weighted by molar-refractivity contribution is 6.00. The molecule has 7 nitrogen and oxygen atoms in total. The number of benzene rings is 1. The van der Waals surface area contributed by atoms with Crippen molar-refractivity contribution in [3.8, 4) is 11.5 Å². The number of rotatable bonds is 4. The van der Waals surface area contributed by atoms with E-state index >= 15 is 0 Å². The summed E-state index contributed by atoms with van der Waals surface area (Å²) in [6, 6.07) is 5.90. The van der Waals surface area contributed by atoms with Crippen LogP contribution in [0.4, 0.5) is 0 Å². The standard InChI is InChI=1S/C24H30N2O5/c1-14(2)31-24(28)21-15(3)22(25-16(21)4)23(27)26-10-5-7-18(26)17-8-9-19-20(13-17)30-12-6-11-29-19/h8-9,13-14,18,25H,5-7,10-12H2,1-4H3/t18-/m0/s1. The average molecular weight is 427 g/mol. The van der Waals surface area contributed by atoms with E-state index in [0.29, 0.717) is 42.3 Å². The lowest BCUT2D eigenvalue weighted by Gasteiger charge is -2.25. The quantitative estimate of drug-likeness (QED) is 0.736. The summed E-state index contributed by atoms with van der Waals surface area (Å²) in [6.07, 6.45) is 2.44. The molecule has 1 atom stereocenters. The minimum absolute atomic E-state index is 0.0428. The maximum Gasteiger partial charge on any atom is 0.340 e. The minimum Gasteiger partial charge on any atom is -0.490 e. The molecule has 0 bridgehead atoms. The lowest BCUT2D eigenvalue weighted by Crippen LogP contribution is -2.31. The van der Waals surface area contributed by atoms with Gasteiger partial charge in [-0.05, 0) is 63.8 Å². The number of carbonyl (C=O) groups is 2. The molecular weight excluding hydrogens is 396 g/mol. The van der Waals surface area contributed by atoms with E-state index in [-0.39, 0.29) is 18.1 Å². The molecule has 0 spiro atoms. The fourth-order valence-electron chi connectivity index (χ4n) is 4.43. The van der Waals surface area contributed by atoms with Crippen LogP contribution in [0.25, 0.3) is 0 Å². The van der Waals surface area contributed by atoms with Gasteiger partial charge in [0.1, 0.15) is 5.69 Å². The maximum atomic E-state index is 13.5. The Balaban J connectivity index is 1.60. The van der Waals surface area contributed by atoms with Crippen molar-refractivity contribution in [2.45, 2.75) is 59.1 Å². The highest BCUT2D eigenvalue weighted by Gasteiger charge is 2.34. The summed E-state index contributed by atoms with van der Waals surface area (Å²) < 4.78 is 16.9. The first-order valence-electron chi connectivity index (χ1n) is 11.0. The molecule has 2 aromatic rings. The lowest BCUT2D eigenvalue weighted by molar-refractivity contribution is 0.0376. The van der Waals surface area contributed by atoms with Crippen LogP contribution in [0.5, 0.6) is 11.5 Å². The molecule has 0 saturated carbocycles. The molecule has 1 fully saturated rings. The number of amides is 1. The number of hydrogen-bond donors (Lipinski definition) is 1. The van der Waals surface area contributed by atoms with Gasteiger partial charge < -0.3 is 24.1 Å². The summed E-state index contributed by atoms with van der Waals surface area (Å²) in [4.78, 5) is 31.0. The first-order chi connectivity index (χ1) is 14.9. The highest BCUT2D eigenvalue weighted by Crippen LogP contribution is 2.39. The summed E-state index contributed by atoms with van der Waals surface area (Å²) in [7, 11) is 0.